The number of benzene rings is 1. The van der Waals surface area contributed by atoms with Gasteiger partial charge in [0, 0.05) is 19.9 Å². The molecule has 0 atom stereocenters. The summed E-state index contributed by atoms with van der Waals surface area (Å²) in [6.45, 7) is 1.27. The van der Waals surface area contributed by atoms with E-state index >= 15 is 0 Å². The number of amides is 2. The topological polar surface area (TPSA) is 114 Å². The highest BCUT2D eigenvalue weighted by molar-refractivity contribution is 7.92. The first-order valence-corrected chi connectivity index (χ1v) is 9.48. The predicted molar refractivity (Wildman–Crippen MR) is 94.8 cm³/mol. The van der Waals surface area contributed by atoms with Gasteiger partial charge in [0.25, 0.3) is 0 Å². The lowest BCUT2D eigenvalue weighted by Crippen LogP contribution is -2.29. The normalized spacial score (nSPS) is 11.2. The Kier molecular flexibility index (Phi) is 6.52. The summed E-state index contributed by atoms with van der Waals surface area (Å²) >= 11 is 0. The Hall–Kier alpha value is -2.66. The van der Waals surface area contributed by atoms with E-state index in [1.54, 1.807) is 19.6 Å². The number of methoxy groups -OCH3 is 1. The molecule has 0 aliphatic carbocycles. The Morgan fingerprint density at radius 1 is 1.38 bits per heavy atom. The van der Waals surface area contributed by atoms with Crippen molar-refractivity contribution < 1.29 is 22.3 Å². The van der Waals surface area contributed by atoms with Gasteiger partial charge in [-0.1, -0.05) is 0 Å². The van der Waals surface area contributed by atoms with Crippen LogP contribution in [0.1, 0.15) is 5.69 Å². The molecule has 0 aliphatic heterocycles. The average Bonchev–Trinajstić information content (AvgIpc) is 3.00. The van der Waals surface area contributed by atoms with Gasteiger partial charge in [-0.3, -0.25) is 4.72 Å². The molecule has 0 radical (unpaired) electrons. The van der Waals surface area contributed by atoms with E-state index in [9.17, 15) is 17.6 Å². The van der Waals surface area contributed by atoms with Crippen molar-refractivity contribution in [1.29, 1.82) is 0 Å². The molecule has 0 unspecified atom stereocenters. The smallest absolute Gasteiger partial charge is 0.319 e. The van der Waals surface area contributed by atoms with E-state index in [1.807, 2.05) is 4.57 Å². The monoisotopic (exact) mass is 385 g/mol. The van der Waals surface area contributed by atoms with E-state index in [0.717, 1.165) is 18.0 Å². The lowest BCUT2D eigenvalue weighted by molar-refractivity contribution is 0.186. The van der Waals surface area contributed by atoms with Crippen LogP contribution in [0, 0.1) is 5.82 Å². The zero-order valence-electron chi connectivity index (χ0n) is 14.3. The highest BCUT2D eigenvalue weighted by atomic mass is 32.2. The number of nitrogens with zero attached hydrogens (tertiary/aromatic N) is 2. The molecule has 26 heavy (non-hydrogen) atoms. The number of ether oxygens (including phenoxy) is 1. The van der Waals surface area contributed by atoms with E-state index in [0.29, 0.717) is 13.2 Å². The molecule has 1 aromatic heterocycles. The second-order valence-corrected chi connectivity index (χ2v) is 7.20. The van der Waals surface area contributed by atoms with Gasteiger partial charge in [0.05, 0.1) is 42.8 Å². The van der Waals surface area contributed by atoms with Crippen molar-refractivity contribution in [2.24, 2.45) is 0 Å². The number of urea groups is 1. The molecular formula is C15H20FN5O4S. The third-order valence-electron chi connectivity index (χ3n) is 3.28. The van der Waals surface area contributed by atoms with Gasteiger partial charge in [0.2, 0.25) is 10.0 Å². The number of halogens is 1. The summed E-state index contributed by atoms with van der Waals surface area (Å²) < 4.78 is 45.3. The Balaban J connectivity index is 1.97. The number of hydrogen-bond acceptors (Lipinski definition) is 5. The van der Waals surface area contributed by atoms with Gasteiger partial charge in [-0.15, -0.1) is 0 Å². The maximum Gasteiger partial charge on any atom is 0.319 e. The standard InChI is InChI=1S/C15H20FN5O4S/c1-25-6-5-21-10-17-8-12(21)9-18-15(22)19-14-7-11(3-4-13(14)16)20-26(2,23)24/h3-4,7-8,10,20H,5-6,9H2,1-2H3,(H2,18,19,22). The first-order chi connectivity index (χ1) is 12.3. The molecule has 0 spiro atoms. The van der Waals surface area contributed by atoms with E-state index in [4.69, 9.17) is 4.74 Å². The van der Waals surface area contributed by atoms with E-state index in [1.165, 1.54) is 12.1 Å². The molecule has 2 aromatic rings. The van der Waals surface area contributed by atoms with Gasteiger partial charge in [-0.2, -0.15) is 0 Å². The van der Waals surface area contributed by atoms with Crippen molar-refractivity contribution in [2.45, 2.75) is 13.1 Å². The van der Waals surface area contributed by atoms with Crippen LogP contribution in [-0.4, -0.2) is 44.0 Å². The minimum Gasteiger partial charge on any atom is -0.383 e. The third-order valence-corrected chi connectivity index (χ3v) is 3.89. The van der Waals surface area contributed by atoms with Crippen LogP contribution in [0.5, 0.6) is 0 Å². The van der Waals surface area contributed by atoms with E-state index in [-0.39, 0.29) is 17.9 Å². The lowest BCUT2D eigenvalue weighted by atomic mass is 10.2. The predicted octanol–water partition coefficient (Wildman–Crippen LogP) is 1.36. The van der Waals surface area contributed by atoms with Crippen LogP contribution < -0.4 is 15.4 Å². The SMILES string of the molecule is COCCn1cncc1CNC(=O)Nc1cc(NS(C)(=O)=O)ccc1F. The summed E-state index contributed by atoms with van der Waals surface area (Å²) in [6, 6.07) is 2.87. The molecule has 2 rings (SSSR count). The van der Waals surface area contributed by atoms with Gasteiger partial charge in [0.15, 0.2) is 0 Å². The molecule has 0 saturated carbocycles. The second-order valence-electron chi connectivity index (χ2n) is 5.45. The Morgan fingerprint density at radius 2 is 2.15 bits per heavy atom. The molecule has 0 bridgehead atoms. The third kappa shape index (κ3) is 6.01. The fourth-order valence-corrected chi connectivity index (χ4v) is 2.68. The summed E-state index contributed by atoms with van der Waals surface area (Å²) in [5, 5.41) is 4.94. The molecular weight excluding hydrogens is 365 g/mol. The zero-order valence-corrected chi connectivity index (χ0v) is 15.1. The average molecular weight is 385 g/mol. The highest BCUT2D eigenvalue weighted by Gasteiger charge is 2.11. The molecule has 3 N–H and O–H groups in total. The summed E-state index contributed by atoms with van der Waals surface area (Å²) in [7, 11) is -1.92. The van der Waals surface area contributed by atoms with Crippen molar-refractivity contribution in [3.8, 4) is 0 Å². The van der Waals surface area contributed by atoms with Gasteiger partial charge >= 0.3 is 6.03 Å². The minimum absolute atomic E-state index is 0.141. The summed E-state index contributed by atoms with van der Waals surface area (Å²) in [5.41, 5.74) is 0.746. The van der Waals surface area contributed by atoms with Crippen molar-refractivity contribution in [3.05, 3.63) is 42.2 Å². The Labute approximate surface area is 150 Å². The number of anilines is 2. The number of sulfonamides is 1. The maximum atomic E-state index is 13.8. The zero-order chi connectivity index (χ0) is 19.2. The number of nitrogens with one attached hydrogen (secondary N) is 3. The molecule has 0 fully saturated rings. The van der Waals surface area contributed by atoms with Crippen LogP contribution in [-0.2, 0) is 27.8 Å². The number of carbonyl (C=O) groups is 1. The molecule has 2 amide bonds. The van der Waals surface area contributed by atoms with Crippen molar-refractivity contribution >= 4 is 27.4 Å². The Morgan fingerprint density at radius 3 is 2.85 bits per heavy atom. The fourth-order valence-electron chi connectivity index (χ4n) is 2.12. The number of aromatic nitrogens is 2. The van der Waals surface area contributed by atoms with Crippen LogP contribution in [0.25, 0.3) is 0 Å². The van der Waals surface area contributed by atoms with Gasteiger partial charge in [-0.05, 0) is 18.2 Å². The highest BCUT2D eigenvalue weighted by Crippen LogP contribution is 2.20. The van der Waals surface area contributed by atoms with Crippen LogP contribution in [0.15, 0.2) is 30.7 Å². The maximum absolute atomic E-state index is 13.8. The van der Waals surface area contributed by atoms with Crippen molar-refractivity contribution in [1.82, 2.24) is 14.9 Å². The van der Waals surface area contributed by atoms with Crippen molar-refractivity contribution in [3.63, 3.8) is 0 Å². The molecule has 1 aromatic carbocycles. The van der Waals surface area contributed by atoms with Gasteiger partial charge < -0.3 is 19.9 Å². The molecule has 0 saturated heterocycles. The molecule has 1 heterocycles. The number of carbonyl (C=O) groups excluding carboxylic acids is 1. The van der Waals surface area contributed by atoms with Gasteiger partial charge in [-0.25, -0.2) is 22.6 Å². The molecule has 11 heteroatoms. The van der Waals surface area contributed by atoms with Crippen LogP contribution in [0.4, 0.5) is 20.6 Å². The summed E-state index contributed by atoms with van der Waals surface area (Å²) in [5.74, 6) is -0.690. The summed E-state index contributed by atoms with van der Waals surface area (Å²) in [6.07, 6.45) is 4.20. The number of rotatable bonds is 8. The number of imidazole rings is 1. The van der Waals surface area contributed by atoms with Crippen molar-refractivity contribution in [2.75, 3.05) is 30.0 Å². The minimum atomic E-state index is -3.51. The number of hydrogen-bond donors (Lipinski definition) is 3. The molecule has 142 valence electrons. The lowest BCUT2D eigenvalue weighted by Gasteiger charge is -2.12. The largest absolute Gasteiger partial charge is 0.383 e. The Bertz CT molecular complexity index is 869. The summed E-state index contributed by atoms with van der Waals surface area (Å²) in [4.78, 5) is 16.0. The molecule has 0 aliphatic rings. The molecule has 9 nitrogen and oxygen atoms in total. The van der Waals surface area contributed by atoms with E-state index in [2.05, 4.69) is 20.3 Å². The van der Waals surface area contributed by atoms with Gasteiger partial charge in [0.1, 0.15) is 5.82 Å². The first-order valence-electron chi connectivity index (χ1n) is 7.58. The van der Waals surface area contributed by atoms with Crippen LogP contribution >= 0.6 is 0 Å². The van der Waals surface area contributed by atoms with E-state index < -0.39 is 21.9 Å². The second kappa shape index (κ2) is 8.63. The first kappa shape index (κ1) is 19.7. The van der Waals surface area contributed by atoms with Crippen LogP contribution in [0.3, 0.4) is 0 Å². The quantitative estimate of drug-likeness (QED) is 0.635. The van der Waals surface area contributed by atoms with Crippen LogP contribution in [0.2, 0.25) is 0 Å². The fraction of sp³-hybridized carbons (Fsp3) is 0.333.